The van der Waals surface area contributed by atoms with Crippen LogP contribution in [0.25, 0.3) is 0 Å². The van der Waals surface area contributed by atoms with Crippen molar-refractivity contribution in [3.63, 3.8) is 0 Å². The molecule has 1 atom stereocenters. The molecule has 0 aliphatic rings. The van der Waals surface area contributed by atoms with Gasteiger partial charge in [0.1, 0.15) is 0 Å². The Morgan fingerprint density at radius 3 is 2.33 bits per heavy atom. The maximum atomic E-state index is 9.11. The van der Waals surface area contributed by atoms with Crippen molar-refractivity contribution < 1.29 is 5.11 Å². The zero-order chi connectivity index (χ0) is 11.5. The van der Waals surface area contributed by atoms with Crippen LogP contribution in [0.15, 0.2) is 24.3 Å². The average molecular weight is 227 g/mol. The van der Waals surface area contributed by atoms with E-state index in [2.05, 4.69) is 20.8 Å². The highest BCUT2D eigenvalue weighted by Gasteiger charge is 2.26. The fourth-order valence-electron chi connectivity index (χ4n) is 1.94. The number of hydrogen-bond donors (Lipinski definition) is 1. The lowest BCUT2D eigenvalue weighted by atomic mass is 9.75. The van der Waals surface area contributed by atoms with Crippen LogP contribution < -0.4 is 0 Å². The van der Waals surface area contributed by atoms with Crippen LogP contribution in [0.2, 0.25) is 5.02 Å². The van der Waals surface area contributed by atoms with Crippen molar-refractivity contribution in [1.82, 2.24) is 0 Å². The maximum Gasteiger partial charge on any atom is 0.0441 e. The van der Waals surface area contributed by atoms with Gasteiger partial charge in [-0.1, -0.05) is 50.6 Å². The summed E-state index contributed by atoms with van der Waals surface area (Å²) in [4.78, 5) is 0. The lowest BCUT2D eigenvalue weighted by molar-refractivity contribution is 0.223. The first-order valence-electron chi connectivity index (χ1n) is 5.32. The first-order valence-corrected chi connectivity index (χ1v) is 5.70. The Hall–Kier alpha value is -0.530. The van der Waals surface area contributed by atoms with Crippen LogP contribution in [0.5, 0.6) is 0 Å². The number of aliphatic hydroxyl groups is 1. The number of halogens is 1. The normalized spacial score (nSPS) is 13.9. The van der Waals surface area contributed by atoms with Crippen molar-refractivity contribution in [1.29, 1.82) is 0 Å². The monoisotopic (exact) mass is 226 g/mol. The number of benzene rings is 1. The molecule has 1 rings (SSSR count). The molecule has 0 aromatic heterocycles. The Kier molecular flexibility index (Phi) is 4.18. The van der Waals surface area contributed by atoms with Gasteiger partial charge in [-0.3, -0.25) is 0 Å². The summed E-state index contributed by atoms with van der Waals surface area (Å²) in [7, 11) is 0. The number of rotatable bonds is 3. The fourth-order valence-corrected chi connectivity index (χ4v) is 2.21. The van der Waals surface area contributed by atoms with E-state index in [1.807, 2.05) is 24.3 Å². The SMILES string of the molecule is CC(C)(C)C(CCO)c1ccccc1Cl. The topological polar surface area (TPSA) is 20.2 Å². The minimum absolute atomic E-state index is 0.119. The maximum absolute atomic E-state index is 9.11. The molecule has 1 N–H and O–H groups in total. The molecule has 0 radical (unpaired) electrons. The zero-order valence-electron chi connectivity index (χ0n) is 9.63. The molecule has 1 aromatic rings. The van der Waals surface area contributed by atoms with Crippen LogP contribution in [0.1, 0.15) is 38.7 Å². The third kappa shape index (κ3) is 3.22. The van der Waals surface area contributed by atoms with Gasteiger partial charge >= 0.3 is 0 Å². The van der Waals surface area contributed by atoms with E-state index in [9.17, 15) is 0 Å². The van der Waals surface area contributed by atoms with E-state index < -0.39 is 0 Å². The average Bonchev–Trinajstić information content (AvgIpc) is 2.14. The summed E-state index contributed by atoms with van der Waals surface area (Å²) in [5.41, 5.74) is 1.26. The number of hydrogen-bond acceptors (Lipinski definition) is 1. The summed E-state index contributed by atoms with van der Waals surface area (Å²) in [5.74, 6) is 0.302. The van der Waals surface area contributed by atoms with Gasteiger partial charge in [0.15, 0.2) is 0 Å². The summed E-state index contributed by atoms with van der Waals surface area (Å²) < 4.78 is 0. The second kappa shape index (κ2) is 5.00. The third-order valence-electron chi connectivity index (χ3n) is 2.74. The molecule has 0 saturated carbocycles. The molecule has 0 aliphatic carbocycles. The van der Waals surface area contributed by atoms with Crippen LogP contribution in [0.4, 0.5) is 0 Å². The van der Waals surface area contributed by atoms with Gasteiger partial charge in [0.05, 0.1) is 0 Å². The third-order valence-corrected chi connectivity index (χ3v) is 3.09. The van der Waals surface area contributed by atoms with Crippen molar-refractivity contribution in [2.24, 2.45) is 5.41 Å². The van der Waals surface area contributed by atoms with Crippen LogP contribution in [0.3, 0.4) is 0 Å². The summed E-state index contributed by atoms with van der Waals surface area (Å²) in [6, 6.07) is 7.89. The van der Waals surface area contributed by atoms with Crippen molar-refractivity contribution >= 4 is 11.6 Å². The summed E-state index contributed by atoms with van der Waals surface area (Å²) in [5, 5.41) is 9.91. The van der Waals surface area contributed by atoms with E-state index in [4.69, 9.17) is 16.7 Å². The highest BCUT2D eigenvalue weighted by molar-refractivity contribution is 6.31. The highest BCUT2D eigenvalue weighted by atomic mass is 35.5. The molecule has 2 heteroatoms. The second-order valence-corrected chi connectivity index (χ2v) is 5.36. The van der Waals surface area contributed by atoms with Gasteiger partial charge in [-0.25, -0.2) is 0 Å². The van der Waals surface area contributed by atoms with E-state index in [1.54, 1.807) is 0 Å². The molecule has 1 nitrogen and oxygen atoms in total. The van der Waals surface area contributed by atoms with Crippen molar-refractivity contribution in [2.45, 2.75) is 33.1 Å². The predicted molar refractivity (Wildman–Crippen MR) is 65.4 cm³/mol. The molecular weight excluding hydrogens is 208 g/mol. The van der Waals surface area contributed by atoms with Gasteiger partial charge < -0.3 is 5.11 Å². The van der Waals surface area contributed by atoms with Crippen LogP contribution in [0, 0.1) is 5.41 Å². The van der Waals surface area contributed by atoms with E-state index in [1.165, 1.54) is 0 Å². The number of aliphatic hydroxyl groups excluding tert-OH is 1. The fraction of sp³-hybridized carbons (Fsp3) is 0.538. The first kappa shape index (κ1) is 12.5. The van der Waals surface area contributed by atoms with Crippen LogP contribution in [-0.4, -0.2) is 11.7 Å². The lowest BCUT2D eigenvalue weighted by Gasteiger charge is -2.31. The first-order chi connectivity index (χ1) is 6.96. The van der Waals surface area contributed by atoms with E-state index >= 15 is 0 Å². The molecule has 0 heterocycles. The molecule has 0 spiro atoms. The summed E-state index contributed by atoms with van der Waals surface area (Å²) >= 11 is 6.18. The van der Waals surface area contributed by atoms with Crippen molar-refractivity contribution in [3.8, 4) is 0 Å². The summed E-state index contributed by atoms with van der Waals surface area (Å²) in [6.07, 6.45) is 0.757. The Bertz CT molecular complexity index is 315. The smallest absolute Gasteiger partial charge is 0.0441 e. The lowest BCUT2D eigenvalue weighted by Crippen LogP contribution is -2.20. The Balaban J connectivity index is 3.05. The van der Waals surface area contributed by atoms with E-state index in [-0.39, 0.29) is 12.0 Å². The van der Waals surface area contributed by atoms with Crippen LogP contribution in [-0.2, 0) is 0 Å². The minimum Gasteiger partial charge on any atom is -0.396 e. The van der Waals surface area contributed by atoms with E-state index in [0.717, 1.165) is 17.0 Å². The van der Waals surface area contributed by atoms with Gasteiger partial charge in [-0.2, -0.15) is 0 Å². The van der Waals surface area contributed by atoms with Crippen LogP contribution >= 0.6 is 11.6 Å². The zero-order valence-corrected chi connectivity index (χ0v) is 10.4. The highest BCUT2D eigenvalue weighted by Crippen LogP contribution is 2.40. The second-order valence-electron chi connectivity index (χ2n) is 4.95. The molecule has 0 bridgehead atoms. The molecule has 15 heavy (non-hydrogen) atoms. The molecule has 1 aromatic carbocycles. The largest absolute Gasteiger partial charge is 0.396 e. The Morgan fingerprint density at radius 2 is 1.87 bits per heavy atom. The molecular formula is C13H19ClO. The van der Waals surface area contributed by atoms with Gasteiger partial charge in [-0.05, 0) is 29.4 Å². The quantitative estimate of drug-likeness (QED) is 0.830. The standard InChI is InChI=1S/C13H19ClO/c1-13(2,3)11(8-9-15)10-6-4-5-7-12(10)14/h4-7,11,15H,8-9H2,1-3H3. The van der Waals surface area contributed by atoms with E-state index in [0.29, 0.717) is 5.92 Å². The molecule has 0 saturated heterocycles. The van der Waals surface area contributed by atoms with Gasteiger partial charge in [0.25, 0.3) is 0 Å². The Morgan fingerprint density at radius 1 is 1.27 bits per heavy atom. The molecule has 0 amide bonds. The van der Waals surface area contributed by atoms with Gasteiger partial charge in [0, 0.05) is 11.6 Å². The molecule has 84 valence electrons. The van der Waals surface area contributed by atoms with Crippen molar-refractivity contribution in [3.05, 3.63) is 34.9 Å². The minimum atomic E-state index is 0.119. The van der Waals surface area contributed by atoms with Crippen molar-refractivity contribution in [2.75, 3.05) is 6.61 Å². The van der Waals surface area contributed by atoms with Gasteiger partial charge in [-0.15, -0.1) is 0 Å². The molecule has 1 unspecified atom stereocenters. The molecule has 0 fully saturated rings. The van der Waals surface area contributed by atoms with Gasteiger partial charge in [0.2, 0.25) is 0 Å². The molecule has 0 aliphatic heterocycles. The summed E-state index contributed by atoms with van der Waals surface area (Å²) in [6.45, 7) is 6.73. The predicted octanol–water partition coefficient (Wildman–Crippen LogP) is 3.85. The Labute approximate surface area is 97.1 Å².